The minimum Gasteiger partial charge on any atom is -0.444 e. The molecule has 1 fully saturated rings. The molecule has 2 atom stereocenters. The topological polar surface area (TPSA) is 96.6 Å². The predicted molar refractivity (Wildman–Crippen MR) is 111 cm³/mol. The van der Waals surface area contributed by atoms with E-state index in [4.69, 9.17) is 21.1 Å². The van der Waals surface area contributed by atoms with Crippen LogP contribution >= 0.6 is 11.6 Å². The first kappa shape index (κ1) is 23.5. The van der Waals surface area contributed by atoms with Gasteiger partial charge in [-0.1, -0.05) is 32.4 Å². The Morgan fingerprint density at radius 1 is 1.38 bits per heavy atom. The van der Waals surface area contributed by atoms with Crippen LogP contribution in [0.15, 0.2) is 0 Å². The second-order valence-corrected chi connectivity index (χ2v) is 9.13. The molecule has 2 heterocycles. The van der Waals surface area contributed by atoms with E-state index in [1.807, 2.05) is 27.7 Å². The van der Waals surface area contributed by atoms with Crippen molar-refractivity contribution in [2.75, 3.05) is 19.7 Å². The summed E-state index contributed by atoms with van der Waals surface area (Å²) >= 11 is 6.05. The lowest BCUT2D eigenvalue weighted by atomic mass is 10.0. The van der Waals surface area contributed by atoms with Crippen LogP contribution in [0.25, 0.3) is 0 Å². The van der Waals surface area contributed by atoms with Crippen LogP contribution in [0.5, 0.6) is 0 Å². The number of piperidine rings is 1. The van der Waals surface area contributed by atoms with Crippen LogP contribution in [-0.4, -0.2) is 64.3 Å². The molecule has 1 aromatic rings. The highest BCUT2D eigenvalue weighted by atomic mass is 35.5. The predicted octanol–water partition coefficient (Wildman–Crippen LogP) is 3.41. The number of H-pyrrole nitrogens is 1. The van der Waals surface area contributed by atoms with Crippen molar-refractivity contribution in [3.05, 3.63) is 16.7 Å². The number of hydrogen-bond donors (Lipinski definition) is 2. The zero-order valence-corrected chi connectivity index (χ0v) is 18.9. The maximum absolute atomic E-state index is 12.7. The Morgan fingerprint density at radius 3 is 2.62 bits per heavy atom. The monoisotopic (exact) mass is 428 g/mol. The molecule has 0 bridgehead atoms. The molecule has 1 aliphatic heterocycles. The molecule has 0 saturated carbocycles. The third-order valence-electron chi connectivity index (χ3n) is 4.47. The minimum atomic E-state index is -0.564. The van der Waals surface area contributed by atoms with Crippen molar-refractivity contribution in [2.45, 2.75) is 72.1 Å². The number of ether oxygens (including phenoxy) is 2. The van der Waals surface area contributed by atoms with Crippen LogP contribution in [0.3, 0.4) is 0 Å². The Labute approximate surface area is 177 Å². The Kier molecular flexibility index (Phi) is 7.94. The zero-order valence-electron chi connectivity index (χ0n) is 18.2. The number of nitrogens with one attached hydrogen (secondary N) is 2. The van der Waals surface area contributed by atoms with E-state index in [-0.39, 0.29) is 30.0 Å². The third kappa shape index (κ3) is 6.89. The number of halogens is 1. The van der Waals surface area contributed by atoms with Crippen LogP contribution < -0.4 is 5.32 Å². The first-order valence-corrected chi connectivity index (χ1v) is 10.5. The summed E-state index contributed by atoms with van der Waals surface area (Å²) in [5.41, 5.74) is 0.163. The Bertz CT molecular complexity index is 714. The number of nitrogens with zero attached hydrogens (tertiary/aromatic N) is 2. The van der Waals surface area contributed by atoms with Crippen molar-refractivity contribution in [1.82, 2.24) is 20.2 Å². The first-order chi connectivity index (χ1) is 13.5. The molecule has 0 radical (unpaired) electrons. The van der Waals surface area contributed by atoms with Gasteiger partial charge >= 0.3 is 6.09 Å². The lowest BCUT2D eigenvalue weighted by Gasteiger charge is -2.39. The van der Waals surface area contributed by atoms with Crippen molar-refractivity contribution in [2.24, 2.45) is 5.92 Å². The Morgan fingerprint density at radius 2 is 2.07 bits per heavy atom. The van der Waals surface area contributed by atoms with Crippen molar-refractivity contribution in [3.63, 3.8) is 0 Å². The fourth-order valence-corrected chi connectivity index (χ4v) is 3.29. The first-order valence-electron chi connectivity index (χ1n) is 10.1. The number of likely N-dealkylation sites (tertiary alicyclic amines) is 1. The summed E-state index contributed by atoms with van der Waals surface area (Å²) in [7, 11) is 0. The van der Waals surface area contributed by atoms with Crippen LogP contribution in [-0.2, 0) is 15.9 Å². The van der Waals surface area contributed by atoms with Crippen molar-refractivity contribution >= 4 is 23.6 Å². The fraction of sp³-hybridized carbons (Fsp3) is 0.750. The summed E-state index contributed by atoms with van der Waals surface area (Å²) < 4.78 is 11.5. The van der Waals surface area contributed by atoms with Crippen LogP contribution in [0.2, 0.25) is 5.15 Å². The summed E-state index contributed by atoms with van der Waals surface area (Å²) in [5, 5.41) is 3.30. The van der Waals surface area contributed by atoms with Gasteiger partial charge in [0.25, 0.3) is 5.91 Å². The highest BCUT2D eigenvalue weighted by molar-refractivity contribution is 6.30. The van der Waals surface area contributed by atoms with Crippen LogP contribution in [0, 0.1) is 5.92 Å². The average molecular weight is 429 g/mol. The number of carbonyl (C=O) groups is 2. The Balaban J connectivity index is 2.07. The maximum Gasteiger partial charge on any atom is 0.410 e. The zero-order chi connectivity index (χ0) is 21.8. The van der Waals surface area contributed by atoms with Gasteiger partial charge in [-0.05, 0) is 39.5 Å². The Hall–Kier alpha value is -1.80. The molecule has 2 amide bonds. The molecule has 2 rings (SSSR count). The van der Waals surface area contributed by atoms with E-state index in [2.05, 4.69) is 29.1 Å². The van der Waals surface area contributed by atoms with Crippen LogP contribution in [0.4, 0.5) is 4.79 Å². The maximum atomic E-state index is 12.7. The minimum absolute atomic E-state index is 0.184. The van der Waals surface area contributed by atoms with Gasteiger partial charge < -0.3 is 24.7 Å². The highest BCUT2D eigenvalue weighted by Gasteiger charge is 2.35. The van der Waals surface area contributed by atoms with E-state index in [1.165, 1.54) is 0 Å². The molecule has 2 unspecified atom stereocenters. The highest BCUT2D eigenvalue weighted by Crippen LogP contribution is 2.20. The van der Waals surface area contributed by atoms with Gasteiger partial charge in [0.15, 0.2) is 11.0 Å². The van der Waals surface area contributed by atoms with E-state index in [9.17, 15) is 9.59 Å². The molecule has 0 aliphatic carbocycles. The van der Waals surface area contributed by atoms with Crippen molar-refractivity contribution in [3.8, 4) is 0 Å². The van der Waals surface area contributed by atoms with Gasteiger partial charge in [0.2, 0.25) is 0 Å². The van der Waals surface area contributed by atoms with Gasteiger partial charge in [0.05, 0.1) is 24.4 Å². The number of aromatic amines is 1. The molecule has 8 nitrogen and oxygen atoms in total. The van der Waals surface area contributed by atoms with Gasteiger partial charge in [0, 0.05) is 13.2 Å². The number of aromatic nitrogens is 2. The smallest absolute Gasteiger partial charge is 0.410 e. The summed E-state index contributed by atoms with van der Waals surface area (Å²) in [4.78, 5) is 33.8. The van der Waals surface area contributed by atoms with Crippen LogP contribution in [0.1, 0.15) is 64.3 Å². The summed E-state index contributed by atoms with van der Waals surface area (Å²) in [6.07, 6.45) is 0.514. The standard InChI is InChI=1S/C20H33ClN4O4/c1-7-13-16(21)24-17(22-13)18(26)23-14-8-9-25(19(27)29-20(4,5)6)10-15(14)28-11-12(2)3/h12,14-15H,7-11H2,1-6H3,(H,22,24)(H,23,26). The lowest BCUT2D eigenvalue weighted by molar-refractivity contribution is -0.0399. The van der Waals surface area contributed by atoms with Gasteiger partial charge in [-0.25, -0.2) is 9.78 Å². The molecule has 1 aliphatic rings. The van der Waals surface area contributed by atoms with E-state index >= 15 is 0 Å². The quantitative estimate of drug-likeness (QED) is 0.723. The number of amides is 2. The lowest BCUT2D eigenvalue weighted by Crippen LogP contribution is -2.57. The van der Waals surface area contributed by atoms with Crippen molar-refractivity contribution in [1.29, 1.82) is 0 Å². The average Bonchev–Trinajstić information content (AvgIpc) is 3.00. The van der Waals surface area contributed by atoms with E-state index in [1.54, 1.807) is 4.90 Å². The van der Waals surface area contributed by atoms with E-state index < -0.39 is 5.60 Å². The second-order valence-electron chi connectivity index (χ2n) is 8.77. The molecule has 1 aromatic heterocycles. The van der Waals surface area contributed by atoms with Gasteiger partial charge in [-0.3, -0.25) is 4.79 Å². The van der Waals surface area contributed by atoms with E-state index in [0.717, 1.165) is 5.69 Å². The van der Waals surface area contributed by atoms with E-state index in [0.29, 0.717) is 43.6 Å². The SMILES string of the molecule is CCc1[nH]c(C(=O)NC2CCN(C(=O)OC(C)(C)C)CC2OCC(C)C)nc1Cl. The molecular weight excluding hydrogens is 396 g/mol. The molecule has 2 N–H and O–H groups in total. The molecule has 0 spiro atoms. The van der Waals surface area contributed by atoms with Gasteiger partial charge in [-0.15, -0.1) is 0 Å². The largest absolute Gasteiger partial charge is 0.444 e. The molecule has 29 heavy (non-hydrogen) atoms. The number of carbonyl (C=O) groups excluding carboxylic acids is 2. The third-order valence-corrected chi connectivity index (χ3v) is 4.78. The number of imidazole rings is 1. The molecule has 1 saturated heterocycles. The summed E-state index contributed by atoms with van der Waals surface area (Å²) in [6, 6.07) is -0.242. The molecule has 9 heteroatoms. The normalized spacial score (nSPS) is 20.1. The summed E-state index contributed by atoms with van der Waals surface area (Å²) in [5.74, 6) is 0.184. The molecule has 164 valence electrons. The number of hydrogen-bond acceptors (Lipinski definition) is 5. The second kappa shape index (κ2) is 9.80. The van der Waals surface area contributed by atoms with Gasteiger partial charge in [0.1, 0.15) is 5.60 Å². The molecule has 0 aromatic carbocycles. The number of rotatable bonds is 6. The number of aryl methyl sites for hydroxylation is 1. The van der Waals surface area contributed by atoms with Crippen molar-refractivity contribution < 1.29 is 19.1 Å². The molecular formula is C20H33ClN4O4. The fourth-order valence-electron chi connectivity index (χ4n) is 3.03. The van der Waals surface area contributed by atoms with Gasteiger partial charge in [-0.2, -0.15) is 0 Å². The summed E-state index contributed by atoms with van der Waals surface area (Å²) in [6.45, 7) is 12.9.